The fourth-order valence-corrected chi connectivity index (χ4v) is 3.60. The van der Waals surface area contributed by atoms with E-state index in [1.165, 1.54) is 32.1 Å². The Kier molecular flexibility index (Phi) is 6.60. The molecule has 25 heavy (non-hydrogen) atoms. The van der Waals surface area contributed by atoms with Gasteiger partial charge in [-0.25, -0.2) is 0 Å². The van der Waals surface area contributed by atoms with Gasteiger partial charge in [-0.2, -0.15) is 0 Å². The van der Waals surface area contributed by atoms with Crippen molar-refractivity contribution in [2.75, 3.05) is 7.11 Å². The van der Waals surface area contributed by atoms with Crippen molar-refractivity contribution in [1.29, 1.82) is 0 Å². The normalized spacial score (nSPS) is 15.1. The van der Waals surface area contributed by atoms with E-state index in [4.69, 9.17) is 21.1 Å². The summed E-state index contributed by atoms with van der Waals surface area (Å²) in [6, 6.07) is 14.7. The average Bonchev–Trinajstić information content (AvgIpc) is 2.66. The molecule has 0 spiro atoms. The van der Waals surface area contributed by atoms with E-state index in [-0.39, 0.29) is 0 Å². The molecular weight excluding hydrogens is 334 g/mol. The quantitative estimate of drug-likeness (QED) is 0.722. The molecule has 3 nitrogen and oxygen atoms in total. The summed E-state index contributed by atoms with van der Waals surface area (Å²) in [4.78, 5) is 0. The number of halogens is 1. The maximum atomic E-state index is 6.47. The topological polar surface area (TPSA) is 30.5 Å². The number of hydrogen-bond donors (Lipinski definition) is 1. The second-order valence-corrected chi connectivity index (χ2v) is 7.01. The van der Waals surface area contributed by atoms with Crippen molar-refractivity contribution in [1.82, 2.24) is 5.32 Å². The molecule has 4 heteroatoms. The number of hydrogen-bond acceptors (Lipinski definition) is 3. The zero-order chi connectivity index (χ0) is 17.5. The van der Waals surface area contributed by atoms with Crippen molar-refractivity contribution >= 4 is 11.6 Å². The Bertz CT molecular complexity index is 669. The third-order valence-electron chi connectivity index (χ3n) is 4.72. The van der Waals surface area contributed by atoms with Crippen molar-refractivity contribution in [2.45, 2.75) is 51.3 Å². The summed E-state index contributed by atoms with van der Waals surface area (Å²) in [7, 11) is 1.65. The first-order chi connectivity index (χ1) is 12.3. The molecule has 0 aromatic heterocycles. The largest absolute Gasteiger partial charge is 0.493 e. The first-order valence-corrected chi connectivity index (χ1v) is 9.40. The number of rotatable bonds is 7. The molecule has 0 aliphatic heterocycles. The second kappa shape index (κ2) is 9.12. The van der Waals surface area contributed by atoms with Crippen LogP contribution in [0.4, 0.5) is 0 Å². The number of nitrogens with one attached hydrogen (secondary N) is 1. The van der Waals surface area contributed by atoms with Gasteiger partial charge < -0.3 is 14.8 Å². The van der Waals surface area contributed by atoms with Gasteiger partial charge in [0.25, 0.3) is 0 Å². The Labute approximate surface area is 155 Å². The van der Waals surface area contributed by atoms with E-state index in [0.29, 0.717) is 29.2 Å². The van der Waals surface area contributed by atoms with E-state index in [1.807, 2.05) is 42.5 Å². The molecule has 1 saturated carbocycles. The SMILES string of the molecule is COc1cc(CNC2CCCCC2)cc(Cl)c1OCc1ccccc1. The lowest BCUT2D eigenvalue weighted by Crippen LogP contribution is -2.30. The minimum atomic E-state index is 0.469. The maximum Gasteiger partial charge on any atom is 0.180 e. The van der Waals surface area contributed by atoms with E-state index in [9.17, 15) is 0 Å². The zero-order valence-corrected chi connectivity index (χ0v) is 15.5. The van der Waals surface area contributed by atoms with E-state index < -0.39 is 0 Å². The van der Waals surface area contributed by atoms with Gasteiger partial charge in [-0.3, -0.25) is 0 Å². The number of methoxy groups -OCH3 is 1. The molecular formula is C21H26ClNO2. The first kappa shape index (κ1) is 18.1. The molecule has 0 heterocycles. The van der Waals surface area contributed by atoms with Gasteiger partial charge in [-0.05, 0) is 36.1 Å². The van der Waals surface area contributed by atoms with Crippen LogP contribution in [0.1, 0.15) is 43.2 Å². The highest BCUT2D eigenvalue weighted by atomic mass is 35.5. The van der Waals surface area contributed by atoms with E-state index in [0.717, 1.165) is 17.7 Å². The summed E-state index contributed by atoms with van der Waals surface area (Å²) in [5, 5.41) is 4.23. The molecule has 1 aliphatic rings. The molecule has 134 valence electrons. The Hall–Kier alpha value is -1.71. The van der Waals surface area contributed by atoms with Crippen LogP contribution >= 0.6 is 11.6 Å². The average molecular weight is 360 g/mol. The molecule has 2 aromatic rings. The molecule has 0 bridgehead atoms. The van der Waals surface area contributed by atoms with Crippen LogP contribution in [0.5, 0.6) is 11.5 Å². The highest BCUT2D eigenvalue weighted by Gasteiger charge is 2.15. The van der Waals surface area contributed by atoms with Crippen LogP contribution in [-0.2, 0) is 13.2 Å². The molecule has 2 aromatic carbocycles. The second-order valence-electron chi connectivity index (χ2n) is 6.60. The lowest BCUT2D eigenvalue weighted by atomic mass is 9.95. The van der Waals surface area contributed by atoms with Gasteiger partial charge >= 0.3 is 0 Å². The maximum absolute atomic E-state index is 6.47. The first-order valence-electron chi connectivity index (χ1n) is 9.03. The molecule has 1 fully saturated rings. The Morgan fingerprint density at radius 1 is 1.04 bits per heavy atom. The van der Waals surface area contributed by atoms with Crippen molar-refractivity contribution in [3.63, 3.8) is 0 Å². The van der Waals surface area contributed by atoms with Gasteiger partial charge in [-0.15, -0.1) is 0 Å². The van der Waals surface area contributed by atoms with E-state index in [2.05, 4.69) is 5.32 Å². The van der Waals surface area contributed by atoms with Gasteiger partial charge in [-0.1, -0.05) is 61.2 Å². The molecule has 0 amide bonds. The summed E-state index contributed by atoms with van der Waals surface area (Å²) in [6.07, 6.45) is 6.56. The predicted octanol–water partition coefficient (Wildman–Crippen LogP) is 5.35. The fourth-order valence-electron chi connectivity index (χ4n) is 3.31. The van der Waals surface area contributed by atoms with Crippen LogP contribution in [0.2, 0.25) is 5.02 Å². The Balaban J connectivity index is 1.65. The van der Waals surface area contributed by atoms with Crippen LogP contribution in [0, 0.1) is 0 Å². The van der Waals surface area contributed by atoms with Crippen LogP contribution in [0.25, 0.3) is 0 Å². The van der Waals surface area contributed by atoms with Crippen molar-refractivity contribution in [3.8, 4) is 11.5 Å². The number of benzene rings is 2. The Morgan fingerprint density at radius 2 is 1.80 bits per heavy atom. The van der Waals surface area contributed by atoms with Crippen molar-refractivity contribution in [2.24, 2.45) is 0 Å². The summed E-state index contributed by atoms with van der Waals surface area (Å²) in [6.45, 7) is 1.27. The van der Waals surface area contributed by atoms with Crippen LogP contribution in [-0.4, -0.2) is 13.2 Å². The van der Waals surface area contributed by atoms with Crippen molar-refractivity contribution in [3.05, 3.63) is 58.6 Å². The smallest absolute Gasteiger partial charge is 0.180 e. The summed E-state index contributed by atoms with van der Waals surface area (Å²) in [5.41, 5.74) is 2.23. The molecule has 0 unspecified atom stereocenters. The summed E-state index contributed by atoms with van der Waals surface area (Å²) in [5.74, 6) is 1.29. The third-order valence-corrected chi connectivity index (χ3v) is 5.00. The summed E-state index contributed by atoms with van der Waals surface area (Å²) >= 11 is 6.47. The Morgan fingerprint density at radius 3 is 2.52 bits per heavy atom. The minimum absolute atomic E-state index is 0.469. The van der Waals surface area contributed by atoms with E-state index >= 15 is 0 Å². The minimum Gasteiger partial charge on any atom is -0.493 e. The monoisotopic (exact) mass is 359 g/mol. The molecule has 1 aliphatic carbocycles. The van der Waals surface area contributed by atoms with Gasteiger partial charge in [0.05, 0.1) is 12.1 Å². The molecule has 0 saturated heterocycles. The lowest BCUT2D eigenvalue weighted by Gasteiger charge is -2.23. The predicted molar refractivity (Wildman–Crippen MR) is 102 cm³/mol. The molecule has 1 N–H and O–H groups in total. The lowest BCUT2D eigenvalue weighted by molar-refractivity contribution is 0.284. The molecule has 3 rings (SSSR count). The van der Waals surface area contributed by atoms with Crippen LogP contribution < -0.4 is 14.8 Å². The highest BCUT2D eigenvalue weighted by Crippen LogP contribution is 2.37. The van der Waals surface area contributed by atoms with Crippen LogP contribution in [0.3, 0.4) is 0 Å². The standard InChI is InChI=1S/C21H26ClNO2/c1-24-20-13-17(14-23-18-10-6-3-7-11-18)12-19(22)21(20)25-15-16-8-4-2-5-9-16/h2,4-5,8-9,12-13,18,23H,3,6-7,10-11,14-15H2,1H3. The fraction of sp³-hybridized carbons (Fsp3) is 0.429. The number of ether oxygens (including phenoxy) is 2. The van der Waals surface area contributed by atoms with Gasteiger partial charge in [0.15, 0.2) is 11.5 Å². The highest BCUT2D eigenvalue weighted by molar-refractivity contribution is 6.32. The van der Waals surface area contributed by atoms with Gasteiger partial charge in [0.1, 0.15) is 6.61 Å². The van der Waals surface area contributed by atoms with Crippen LogP contribution in [0.15, 0.2) is 42.5 Å². The third kappa shape index (κ3) is 5.13. The zero-order valence-electron chi connectivity index (χ0n) is 14.8. The van der Waals surface area contributed by atoms with Gasteiger partial charge in [0.2, 0.25) is 0 Å². The van der Waals surface area contributed by atoms with Crippen molar-refractivity contribution < 1.29 is 9.47 Å². The summed E-state index contributed by atoms with van der Waals surface area (Å²) < 4.78 is 11.4. The molecule has 0 atom stereocenters. The van der Waals surface area contributed by atoms with E-state index in [1.54, 1.807) is 7.11 Å². The molecule has 0 radical (unpaired) electrons. The van der Waals surface area contributed by atoms with Gasteiger partial charge in [0, 0.05) is 12.6 Å².